The monoisotopic (exact) mass is 410 g/mol. The molecule has 0 bridgehead atoms. The van der Waals surface area contributed by atoms with Crippen LogP contribution in [0.2, 0.25) is 0 Å². The summed E-state index contributed by atoms with van der Waals surface area (Å²) in [6, 6.07) is 0. The number of carbonyl (C=O) groups excluding carboxylic acids is 1. The van der Waals surface area contributed by atoms with Crippen molar-refractivity contribution in [3.63, 3.8) is 0 Å². The standard InChI is InChI=1S/C20H24F6O2/c1-17-8-6-11-10-4-5-15(27)16(19(21,22)23)13(10)3-2-12(11)14(17)7-9-18(17,28)20(24,25)26/h10-12,14,28H,2-9H2,1H3/t10-,11-,12-,14+,17+,18?/m1/s1. The highest BCUT2D eigenvalue weighted by molar-refractivity contribution is 5.98. The van der Waals surface area contributed by atoms with Gasteiger partial charge in [-0.1, -0.05) is 12.5 Å². The molecule has 0 aliphatic heterocycles. The number of carbonyl (C=O) groups is 1. The number of alkyl halides is 6. The highest BCUT2D eigenvalue weighted by atomic mass is 19.4. The van der Waals surface area contributed by atoms with E-state index in [-0.39, 0.29) is 61.3 Å². The van der Waals surface area contributed by atoms with Gasteiger partial charge in [0.2, 0.25) is 0 Å². The van der Waals surface area contributed by atoms with Gasteiger partial charge in [0.05, 0.1) is 5.57 Å². The molecule has 3 saturated carbocycles. The first-order valence-electron chi connectivity index (χ1n) is 9.94. The van der Waals surface area contributed by atoms with Crippen LogP contribution in [0, 0.1) is 29.1 Å². The van der Waals surface area contributed by atoms with Crippen LogP contribution in [0.25, 0.3) is 0 Å². The first-order chi connectivity index (χ1) is 12.8. The average Bonchev–Trinajstić information content (AvgIpc) is 2.85. The molecule has 0 aromatic heterocycles. The zero-order chi connectivity index (χ0) is 20.7. The average molecular weight is 410 g/mol. The fraction of sp³-hybridized carbons (Fsp3) is 0.850. The maximum atomic E-state index is 13.7. The maximum absolute atomic E-state index is 13.7. The molecule has 3 fully saturated rings. The van der Waals surface area contributed by atoms with Crippen molar-refractivity contribution in [1.29, 1.82) is 0 Å². The van der Waals surface area contributed by atoms with Crippen molar-refractivity contribution in [1.82, 2.24) is 0 Å². The zero-order valence-electron chi connectivity index (χ0n) is 15.6. The van der Waals surface area contributed by atoms with Crippen LogP contribution in [0.15, 0.2) is 11.1 Å². The smallest absolute Gasteiger partial charge is 0.380 e. The minimum absolute atomic E-state index is 0.115. The summed E-state index contributed by atoms with van der Waals surface area (Å²) in [5, 5.41) is 10.6. The van der Waals surface area contributed by atoms with Crippen LogP contribution in [-0.2, 0) is 4.79 Å². The molecule has 0 aromatic rings. The molecule has 0 radical (unpaired) electrons. The molecule has 0 aromatic carbocycles. The van der Waals surface area contributed by atoms with E-state index in [1.54, 1.807) is 0 Å². The lowest BCUT2D eigenvalue weighted by Gasteiger charge is -2.56. The number of allylic oxidation sites excluding steroid dienone is 1. The largest absolute Gasteiger partial charge is 0.419 e. The van der Waals surface area contributed by atoms with Gasteiger partial charge in [0.1, 0.15) is 0 Å². The summed E-state index contributed by atoms with van der Waals surface area (Å²) in [7, 11) is 0. The van der Waals surface area contributed by atoms with Gasteiger partial charge in [-0.25, -0.2) is 0 Å². The predicted molar refractivity (Wildman–Crippen MR) is 88.1 cm³/mol. The Hall–Kier alpha value is -1.05. The second kappa shape index (κ2) is 5.99. The van der Waals surface area contributed by atoms with E-state index >= 15 is 0 Å². The van der Waals surface area contributed by atoms with Gasteiger partial charge >= 0.3 is 12.4 Å². The van der Waals surface area contributed by atoms with Crippen molar-refractivity contribution in [3.05, 3.63) is 11.1 Å². The van der Waals surface area contributed by atoms with Crippen LogP contribution in [-0.4, -0.2) is 28.8 Å². The van der Waals surface area contributed by atoms with Crippen LogP contribution in [0.3, 0.4) is 0 Å². The Kier molecular flexibility index (Phi) is 4.33. The van der Waals surface area contributed by atoms with Gasteiger partial charge in [0, 0.05) is 11.8 Å². The van der Waals surface area contributed by atoms with E-state index in [0.29, 0.717) is 19.3 Å². The van der Waals surface area contributed by atoms with Crippen LogP contribution >= 0.6 is 0 Å². The van der Waals surface area contributed by atoms with Gasteiger partial charge in [0.15, 0.2) is 11.4 Å². The normalized spacial score (nSPS) is 44.2. The third-order valence-corrected chi connectivity index (χ3v) is 8.39. The summed E-state index contributed by atoms with van der Waals surface area (Å²) in [6.07, 6.45) is -8.32. The summed E-state index contributed by atoms with van der Waals surface area (Å²) < 4.78 is 81.4. The number of fused-ring (bicyclic) bond motifs is 5. The van der Waals surface area contributed by atoms with Gasteiger partial charge in [-0.05, 0) is 68.6 Å². The van der Waals surface area contributed by atoms with Gasteiger partial charge in [-0.15, -0.1) is 0 Å². The molecule has 1 N–H and O–H groups in total. The van der Waals surface area contributed by atoms with E-state index in [2.05, 4.69) is 0 Å². The lowest BCUT2D eigenvalue weighted by Crippen LogP contribution is -2.59. The van der Waals surface area contributed by atoms with Gasteiger partial charge in [0.25, 0.3) is 0 Å². The molecule has 2 nitrogen and oxygen atoms in total. The molecule has 0 spiro atoms. The van der Waals surface area contributed by atoms with Crippen molar-refractivity contribution in [2.24, 2.45) is 29.1 Å². The fourth-order valence-electron chi connectivity index (χ4n) is 7.11. The molecule has 4 rings (SSSR count). The highest BCUT2D eigenvalue weighted by Gasteiger charge is 2.71. The number of hydrogen-bond donors (Lipinski definition) is 1. The van der Waals surface area contributed by atoms with E-state index in [9.17, 15) is 36.2 Å². The molecule has 0 saturated heterocycles. The fourth-order valence-corrected chi connectivity index (χ4v) is 7.11. The molecule has 6 atom stereocenters. The summed E-state index contributed by atoms with van der Waals surface area (Å²) in [5.41, 5.74) is -4.86. The molecule has 0 heterocycles. The molecular formula is C20H24F6O2. The number of halogens is 6. The number of aliphatic hydroxyl groups is 1. The molecular weight excluding hydrogens is 386 g/mol. The maximum Gasteiger partial charge on any atom is 0.419 e. The topological polar surface area (TPSA) is 37.3 Å². The second-order valence-electron chi connectivity index (χ2n) is 9.29. The van der Waals surface area contributed by atoms with Crippen molar-refractivity contribution in [3.8, 4) is 0 Å². The van der Waals surface area contributed by atoms with Gasteiger partial charge in [-0.2, -0.15) is 26.3 Å². The lowest BCUT2D eigenvalue weighted by molar-refractivity contribution is -0.302. The Bertz CT molecular complexity index is 723. The third kappa shape index (κ3) is 2.55. The molecule has 1 unspecified atom stereocenters. The summed E-state index contributed by atoms with van der Waals surface area (Å²) >= 11 is 0. The van der Waals surface area contributed by atoms with E-state index in [4.69, 9.17) is 0 Å². The number of Topliss-reactive ketones (excluding diaryl/α,β-unsaturated/α-hetero) is 1. The van der Waals surface area contributed by atoms with Crippen molar-refractivity contribution in [2.75, 3.05) is 0 Å². The van der Waals surface area contributed by atoms with Gasteiger partial charge < -0.3 is 5.11 Å². The van der Waals surface area contributed by atoms with Gasteiger partial charge in [-0.3, -0.25) is 4.79 Å². The van der Waals surface area contributed by atoms with Crippen molar-refractivity contribution in [2.45, 2.75) is 76.2 Å². The highest BCUT2D eigenvalue weighted by Crippen LogP contribution is 2.68. The summed E-state index contributed by atoms with van der Waals surface area (Å²) in [4.78, 5) is 11.9. The summed E-state index contributed by atoms with van der Waals surface area (Å²) in [6.45, 7) is 1.51. The Morgan fingerprint density at radius 2 is 1.61 bits per heavy atom. The van der Waals surface area contributed by atoms with E-state index < -0.39 is 34.7 Å². The molecule has 4 aliphatic carbocycles. The van der Waals surface area contributed by atoms with E-state index in [1.807, 2.05) is 0 Å². The van der Waals surface area contributed by atoms with Crippen LogP contribution in [0.1, 0.15) is 58.3 Å². The Labute approximate surface area is 159 Å². The lowest BCUT2D eigenvalue weighted by atomic mass is 9.50. The Morgan fingerprint density at radius 3 is 2.21 bits per heavy atom. The van der Waals surface area contributed by atoms with Crippen molar-refractivity contribution >= 4 is 5.78 Å². The molecule has 0 amide bonds. The van der Waals surface area contributed by atoms with E-state index in [0.717, 1.165) is 0 Å². The Balaban J connectivity index is 1.69. The van der Waals surface area contributed by atoms with Crippen molar-refractivity contribution < 1.29 is 36.2 Å². The molecule has 28 heavy (non-hydrogen) atoms. The first kappa shape index (κ1) is 20.2. The molecule has 8 heteroatoms. The minimum atomic E-state index is -4.72. The third-order valence-electron chi connectivity index (χ3n) is 8.39. The first-order valence-corrected chi connectivity index (χ1v) is 9.94. The number of rotatable bonds is 0. The quantitative estimate of drug-likeness (QED) is 0.547. The van der Waals surface area contributed by atoms with Crippen LogP contribution in [0.4, 0.5) is 26.3 Å². The minimum Gasteiger partial charge on any atom is -0.380 e. The SMILES string of the molecule is C[C@]12CC[C@H]3[C@@H](CCC4=C(C(F)(F)F)C(=O)CC[C@@H]43)[C@@H]1CCC2(O)C(F)(F)F. The zero-order valence-corrected chi connectivity index (χ0v) is 15.6. The van der Waals surface area contributed by atoms with Crippen LogP contribution < -0.4 is 0 Å². The van der Waals surface area contributed by atoms with E-state index in [1.165, 1.54) is 6.92 Å². The second-order valence-corrected chi connectivity index (χ2v) is 9.29. The molecule has 4 aliphatic rings. The Morgan fingerprint density at radius 1 is 0.929 bits per heavy atom. The number of ketones is 1. The molecule has 158 valence electrons. The predicted octanol–water partition coefficient (Wildman–Crippen LogP) is 5.35. The summed E-state index contributed by atoms with van der Waals surface area (Å²) in [5.74, 6) is -1.86. The number of hydrogen-bond acceptors (Lipinski definition) is 2. The van der Waals surface area contributed by atoms with Crippen LogP contribution in [0.5, 0.6) is 0 Å².